The molecule has 19 heavy (non-hydrogen) atoms. The molecule has 1 heterocycles. The highest BCUT2D eigenvalue weighted by molar-refractivity contribution is 5.91. The first-order chi connectivity index (χ1) is 9.08. The molecular weight excluding hydrogens is 248 g/mol. The molecule has 0 radical (unpaired) electrons. The Hall–Kier alpha value is -1.85. The summed E-state index contributed by atoms with van der Waals surface area (Å²) in [5.74, 6) is -0.741. The Morgan fingerprint density at radius 2 is 2.11 bits per heavy atom. The number of carbonyl (C=O) groups excluding carboxylic acids is 1. The lowest BCUT2D eigenvalue weighted by Crippen LogP contribution is -2.24. The number of nitrogens with zero attached hydrogens (tertiary/aromatic N) is 1. The van der Waals surface area contributed by atoms with E-state index in [1.165, 1.54) is 0 Å². The molecule has 0 aliphatic heterocycles. The first kappa shape index (κ1) is 15.2. The minimum atomic E-state index is -0.870. The Morgan fingerprint density at radius 1 is 1.42 bits per heavy atom. The van der Waals surface area contributed by atoms with Gasteiger partial charge in [0.15, 0.2) is 0 Å². The second kappa shape index (κ2) is 7.56. The van der Waals surface area contributed by atoms with E-state index in [1.54, 1.807) is 6.07 Å². The average Bonchev–Trinajstić information content (AvgIpc) is 2.85. The highest BCUT2D eigenvalue weighted by Crippen LogP contribution is 2.22. The maximum Gasteiger partial charge on any atom is 0.303 e. The van der Waals surface area contributed by atoms with Crippen molar-refractivity contribution >= 4 is 11.9 Å². The van der Waals surface area contributed by atoms with E-state index in [-0.39, 0.29) is 18.1 Å². The molecule has 0 saturated carbocycles. The van der Waals surface area contributed by atoms with Crippen LogP contribution in [0.5, 0.6) is 0 Å². The molecule has 0 bridgehead atoms. The fourth-order valence-corrected chi connectivity index (χ4v) is 1.82. The Labute approximate surface area is 112 Å². The van der Waals surface area contributed by atoms with Crippen molar-refractivity contribution in [2.24, 2.45) is 0 Å². The molecule has 0 unspecified atom stereocenters. The summed E-state index contributed by atoms with van der Waals surface area (Å²) >= 11 is 0. The van der Waals surface area contributed by atoms with Crippen LogP contribution >= 0.6 is 0 Å². The standard InChI is InChI=1S/C13H20N2O4/c1-3-9(4-2)10-8-11(19-15-10)13(18)14-7-5-6-12(16)17/h8-9H,3-7H2,1-2H3,(H,14,18)(H,16,17). The number of aliphatic carboxylic acids is 1. The number of nitrogens with one attached hydrogen (secondary N) is 1. The van der Waals surface area contributed by atoms with Crippen LogP contribution in [0, 0.1) is 0 Å². The van der Waals surface area contributed by atoms with Crippen molar-refractivity contribution in [1.29, 1.82) is 0 Å². The Balaban J connectivity index is 2.47. The predicted octanol–water partition coefficient (Wildman–Crippen LogP) is 2.17. The summed E-state index contributed by atoms with van der Waals surface area (Å²) in [5.41, 5.74) is 0.792. The van der Waals surface area contributed by atoms with Crippen molar-refractivity contribution < 1.29 is 19.2 Å². The van der Waals surface area contributed by atoms with E-state index < -0.39 is 5.97 Å². The van der Waals surface area contributed by atoms with Gasteiger partial charge in [-0.05, 0) is 19.3 Å². The molecule has 0 spiro atoms. The fourth-order valence-electron chi connectivity index (χ4n) is 1.82. The lowest BCUT2D eigenvalue weighted by atomic mass is 9.99. The van der Waals surface area contributed by atoms with Gasteiger partial charge in [0.1, 0.15) is 0 Å². The Bertz CT molecular complexity index is 424. The van der Waals surface area contributed by atoms with Crippen molar-refractivity contribution in [1.82, 2.24) is 10.5 Å². The number of hydrogen-bond acceptors (Lipinski definition) is 4. The van der Waals surface area contributed by atoms with Gasteiger partial charge in [-0.25, -0.2) is 0 Å². The summed E-state index contributed by atoms with van der Waals surface area (Å²) in [6.07, 6.45) is 2.33. The molecule has 1 aromatic heterocycles. The average molecular weight is 268 g/mol. The van der Waals surface area contributed by atoms with E-state index in [0.717, 1.165) is 18.5 Å². The molecule has 0 aromatic carbocycles. The lowest BCUT2D eigenvalue weighted by Gasteiger charge is -2.05. The molecule has 6 heteroatoms. The molecule has 0 aliphatic carbocycles. The molecule has 0 atom stereocenters. The monoisotopic (exact) mass is 268 g/mol. The summed E-state index contributed by atoms with van der Waals surface area (Å²) < 4.78 is 5.01. The van der Waals surface area contributed by atoms with Crippen LogP contribution in [0.15, 0.2) is 10.6 Å². The van der Waals surface area contributed by atoms with Gasteiger partial charge in [0.25, 0.3) is 5.91 Å². The summed E-state index contributed by atoms with van der Waals surface area (Å²) in [6.45, 7) is 4.44. The fraction of sp³-hybridized carbons (Fsp3) is 0.615. The Kier molecular flexibility index (Phi) is 6.05. The van der Waals surface area contributed by atoms with Crippen LogP contribution in [-0.4, -0.2) is 28.7 Å². The quantitative estimate of drug-likeness (QED) is 0.705. The van der Waals surface area contributed by atoms with Crippen molar-refractivity contribution in [2.45, 2.75) is 45.4 Å². The maximum absolute atomic E-state index is 11.7. The van der Waals surface area contributed by atoms with Crippen molar-refractivity contribution in [2.75, 3.05) is 6.54 Å². The number of carboxylic acid groups (broad SMARTS) is 1. The van der Waals surface area contributed by atoms with Gasteiger partial charge in [-0.3, -0.25) is 9.59 Å². The van der Waals surface area contributed by atoms with Gasteiger partial charge in [0.2, 0.25) is 5.76 Å². The van der Waals surface area contributed by atoms with Crippen molar-refractivity contribution in [3.63, 3.8) is 0 Å². The van der Waals surface area contributed by atoms with E-state index in [2.05, 4.69) is 24.3 Å². The molecule has 1 rings (SSSR count). The molecular formula is C13H20N2O4. The normalized spacial score (nSPS) is 10.7. The number of carbonyl (C=O) groups is 2. The molecule has 1 amide bonds. The van der Waals surface area contributed by atoms with Gasteiger partial charge >= 0.3 is 5.97 Å². The van der Waals surface area contributed by atoms with Crippen LogP contribution in [0.25, 0.3) is 0 Å². The number of aromatic nitrogens is 1. The third-order valence-corrected chi connectivity index (χ3v) is 3.01. The minimum Gasteiger partial charge on any atom is -0.481 e. The summed E-state index contributed by atoms with van der Waals surface area (Å²) in [6, 6.07) is 1.66. The number of rotatable bonds is 8. The molecule has 0 aliphatic rings. The minimum absolute atomic E-state index is 0.0374. The topological polar surface area (TPSA) is 92.4 Å². The predicted molar refractivity (Wildman–Crippen MR) is 69.0 cm³/mol. The lowest BCUT2D eigenvalue weighted by molar-refractivity contribution is -0.137. The third kappa shape index (κ3) is 4.73. The van der Waals surface area contributed by atoms with Crippen LogP contribution in [0.3, 0.4) is 0 Å². The van der Waals surface area contributed by atoms with Crippen LogP contribution in [0.2, 0.25) is 0 Å². The van der Waals surface area contributed by atoms with E-state index in [0.29, 0.717) is 18.9 Å². The SMILES string of the molecule is CCC(CC)c1cc(C(=O)NCCCC(=O)O)on1. The smallest absolute Gasteiger partial charge is 0.303 e. The molecule has 0 saturated heterocycles. The maximum atomic E-state index is 11.7. The summed E-state index contributed by atoms with van der Waals surface area (Å²) in [4.78, 5) is 22.0. The molecule has 1 aromatic rings. The van der Waals surface area contributed by atoms with Crippen LogP contribution in [-0.2, 0) is 4.79 Å². The van der Waals surface area contributed by atoms with E-state index in [1.807, 2.05) is 0 Å². The van der Waals surface area contributed by atoms with Gasteiger partial charge in [0, 0.05) is 24.9 Å². The van der Waals surface area contributed by atoms with Crippen LogP contribution in [0.1, 0.15) is 61.7 Å². The molecule has 0 fully saturated rings. The number of amides is 1. The Morgan fingerprint density at radius 3 is 2.68 bits per heavy atom. The molecule has 106 valence electrons. The first-order valence-electron chi connectivity index (χ1n) is 6.55. The first-order valence-corrected chi connectivity index (χ1v) is 6.55. The highest BCUT2D eigenvalue weighted by Gasteiger charge is 2.17. The molecule has 2 N–H and O–H groups in total. The van der Waals surface area contributed by atoms with Gasteiger partial charge in [-0.2, -0.15) is 0 Å². The summed E-state index contributed by atoms with van der Waals surface area (Å²) in [7, 11) is 0. The van der Waals surface area contributed by atoms with Crippen LogP contribution < -0.4 is 5.32 Å². The van der Waals surface area contributed by atoms with Gasteiger partial charge in [-0.15, -0.1) is 0 Å². The van der Waals surface area contributed by atoms with E-state index in [9.17, 15) is 9.59 Å². The van der Waals surface area contributed by atoms with Crippen LogP contribution in [0.4, 0.5) is 0 Å². The highest BCUT2D eigenvalue weighted by atomic mass is 16.5. The molecule has 6 nitrogen and oxygen atoms in total. The van der Waals surface area contributed by atoms with E-state index >= 15 is 0 Å². The largest absolute Gasteiger partial charge is 0.481 e. The number of carboxylic acids is 1. The van der Waals surface area contributed by atoms with Gasteiger partial charge in [-0.1, -0.05) is 19.0 Å². The van der Waals surface area contributed by atoms with Crippen molar-refractivity contribution in [3.8, 4) is 0 Å². The zero-order valence-corrected chi connectivity index (χ0v) is 11.3. The number of hydrogen-bond donors (Lipinski definition) is 2. The van der Waals surface area contributed by atoms with Crippen molar-refractivity contribution in [3.05, 3.63) is 17.5 Å². The third-order valence-electron chi connectivity index (χ3n) is 3.01. The second-order valence-corrected chi connectivity index (χ2v) is 4.38. The zero-order valence-electron chi connectivity index (χ0n) is 11.3. The van der Waals surface area contributed by atoms with Gasteiger partial charge < -0.3 is 14.9 Å². The zero-order chi connectivity index (χ0) is 14.3. The van der Waals surface area contributed by atoms with Gasteiger partial charge in [0.05, 0.1) is 5.69 Å². The second-order valence-electron chi connectivity index (χ2n) is 4.38. The summed E-state index contributed by atoms with van der Waals surface area (Å²) in [5, 5.41) is 15.0. The van der Waals surface area contributed by atoms with E-state index in [4.69, 9.17) is 9.63 Å².